The number of benzene rings is 1. The third-order valence-corrected chi connectivity index (χ3v) is 3.22. The lowest BCUT2D eigenvalue weighted by Crippen LogP contribution is -2.01. The Labute approximate surface area is 119 Å². The maximum absolute atomic E-state index is 11.0. The van der Waals surface area contributed by atoms with Crippen molar-refractivity contribution in [2.75, 3.05) is 0 Å². The molecule has 0 radical (unpaired) electrons. The van der Waals surface area contributed by atoms with E-state index in [0.717, 1.165) is 5.56 Å². The van der Waals surface area contributed by atoms with Crippen molar-refractivity contribution in [3.63, 3.8) is 0 Å². The number of aromatic nitrogens is 3. The fourth-order valence-corrected chi connectivity index (χ4v) is 2.00. The van der Waals surface area contributed by atoms with Gasteiger partial charge in [-0.25, -0.2) is 0 Å². The van der Waals surface area contributed by atoms with Crippen molar-refractivity contribution < 1.29 is 4.42 Å². The predicted molar refractivity (Wildman–Crippen MR) is 74.5 cm³/mol. The van der Waals surface area contributed by atoms with Crippen LogP contribution in [0.5, 0.6) is 0 Å². The second-order valence-corrected chi connectivity index (χ2v) is 4.60. The summed E-state index contributed by atoms with van der Waals surface area (Å²) >= 11 is 6.30. The van der Waals surface area contributed by atoms with Crippen molar-refractivity contribution in [2.45, 2.75) is 5.38 Å². The molecule has 1 aromatic carbocycles. The van der Waals surface area contributed by atoms with E-state index in [1.54, 1.807) is 6.07 Å². The van der Waals surface area contributed by atoms with E-state index in [4.69, 9.17) is 16.0 Å². The molecule has 6 heteroatoms. The Morgan fingerprint density at radius 1 is 1.10 bits per heavy atom. The summed E-state index contributed by atoms with van der Waals surface area (Å²) in [5.41, 5.74) is 1.33. The molecule has 3 rings (SSSR count). The number of alkyl halides is 1. The molecule has 0 saturated heterocycles. The van der Waals surface area contributed by atoms with E-state index in [9.17, 15) is 4.79 Å². The summed E-state index contributed by atoms with van der Waals surface area (Å²) in [4.78, 5) is 13.6. The van der Waals surface area contributed by atoms with E-state index in [2.05, 4.69) is 15.2 Å². The van der Waals surface area contributed by atoms with Gasteiger partial charge in [0.2, 0.25) is 17.3 Å². The number of aromatic amines is 1. The Hall–Kier alpha value is -2.40. The molecule has 0 fully saturated rings. The fraction of sp³-hybridized carbons (Fsp3) is 0.0714. The fourth-order valence-electron chi connectivity index (χ4n) is 1.76. The number of nitrogens with zero attached hydrogens (tertiary/aromatic N) is 2. The van der Waals surface area contributed by atoms with E-state index < -0.39 is 5.38 Å². The third-order valence-electron chi connectivity index (χ3n) is 2.78. The monoisotopic (exact) mass is 287 g/mol. The van der Waals surface area contributed by atoms with Crippen molar-refractivity contribution in [1.82, 2.24) is 15.2 Å². The van der Waals surface area contributed by atoms with E-state index in [-0.39, 0.29) is 5.56 Å². The van der Waals surface area contributed by atoms with Gasteiger partial charge in [-0.05, 0) is 11.6 Å². The summed E-state index contributed by atoms with van der Waals surface area (Å²) in [5, 5.41) is 7.39. The van der Waals surface area contributed by atoms with Crippen LogP contribution in [0.15, 0.2) is 57.9 Å². The molecular formula is C14H10ClN3O2. The van der Waals surface area contributed by atoms with Crippen LogP contribution in [-0.2, 0) is 0 Å². The number of rotatable bonds is 3. The van der Waals surface area contributed by atoms with E-state index in [1.807, 2.05) is 30.3 Å². The summed E-state index contributed by atoms with van der Waals surface area (Å²) in [6.45, 7) is 0. The van der Waals surface area contributed by atoms with Crippen LogP contribution in [0.3, 0.4) is 0 Å². The largest absolute Gasteiger partial charge is 0.419 e. The minimum atomic E-state index is -0.500. The Morgan fingerprint density at radius 2 is 1.90 bits per heavy atom. The van der Waals surface area contributed by atoms with Gasteiger partial charge in [-0.15, -0.1) is 21.8 Å². The average Bonchev–Trinajstić information content (AvgIpc) is 2.98. The summed E-state index contributed by atoms with van der Waals surface area (Å²) in [7, 11) is 0. The molecule has 1 unspecified atom stereocenters. The topological polar surface area (TPSA) is 71.8 Å². The smallest absolute Gasteiger partial charge is 0.249 e. The van der Waals surface area contributed by atoms with Crippen molar-refractivity contribution >= 4 is 11.6 Å². The summed E-state index contributed by atoms with van der Waals surface area (Å²) in [6, 6.07) is 12.5. The molecule has 0 spiro atoms. The highest BCUT2D eigenvalue weighted by Crippen LogP contribution is 2.29. The summed E-state index contributed by atoms with van der Waals surface area (Å²) < 4.78 is 5.55. The average molecular weight is 288 g/mol. The van der Waals surface area contributed by atoms with Crippen LogP contribution in [0.25, 0.3) is 11.5 Å². The Morgan fingerprint density at radius 3 is 2.60 bits per heavy atom. The van der Waals surface area contributed by atoms with Gasteiger partial charge < -0.3 is 9.40 Å². The standard InChI is InChI=1S/C14H10ClN3O2/c15-12(9-4-2-1-3-5-9)14-18-17-13(20-14)10-6-7-11(19)16-8-10/h1-8,12H,(H,16,19). The lowest BCUT2D eigenvalue weighted by atomic mass is 10.1. The highest BCUT2D eigenvalue weighted by atomic mass is 35.5. The zero-order valence-corrected chi connectivity index (χ0v) is 11.0. The molecule has 0 aliphatic rings. The van der Waals surface area contributed by atoms with Crippen molar-refractivity contribution in [3.05, 3.63) is 70.5 Å². The van der Waals surface area contributed by atoms with E-state index in [0.29, 0.717) is 17.3 Å². The lowest BCUT2D eigenvalue weighted by Gasteiger charge is -2.03. The zero-order valence-electron chi connectivity index (χ0n) is 10.3. The van der Waals surface area contributed by atoms with Crippen LogP contribution >= 0.6 is 11.6 Å². The zero-order chi connectivity index (χ0) is 13.9. The molecule has 2 heterocycles. The van der Waals surface area contributed by atoms with Gasteiger partial charge in [0.05, 0.1) is 5.56 Å². The SMILES string of the molecule is O=c1ccc(-c2nnc(C(Cl)c3ccccc3)o2)c[nH]1. The maximum Gasteiger partial charge on any atom is 0.249 e. The van der Waals surface area contributed by atoms with Crippen LogP contribution in [0, 0.1) is 0 Å². The van der Waals surface area contributed by atoms with Crippen molar-refractivity contribution in [3.8, 4) is 11.5 Å². The second kappa shape index (κ2) is 5.30. The quantitative estimate of drug-likeness (QED) is 0.752. The summed E-state index contributed by atoms with van der Waals surface area (Å²) in [5.74, 6) is 0.636. The van der Waals surface area contributed by atoms with Crippen LogP contribution in [0.2, 0.25) is 0 Å². The first-order valence-electron chi connectivity index (χ1n) is 5.95. The van der Waals surface area contributed by atoms with E-state index in [1.165, 1.54) is 12.3 Å². The molecule has 0 bridgehead atoms. The predicted octanol–water partition coefficient (Wildman–Crippen LogP) is 2.75. The van der Waals surface area contributed by atoms with Crippen LogP contribution < -0.4 is 5.56 Å². The van der Waals surface area contributed by atoms with Gasteiger partial charge in [-0.1, -0.05) is 30.3 Å². The number of halogens is 1. The Bertz CT molecular complexity index is 747. The highest BCUT2D eigenvalue weighted by Gasteiger charge is 2.18. The van der Waals surface area contributed by atoms with Gasteiger partial charge in [0.1, 0.15) is 5.38 Å². The normalized spacial score (nSPS) is 12.2. The molecule has 0 aliphatic carbocycles. The van der Waals surface area contributed by atoms with Crippen molar-refractivity contribution in [1.29, 1.82) is 0 Å². The Kier molecular flexibility index (Phi) is 3.35. The number of hydrogen-bond donors (Lipinski definition) is 1. The molecule has 100 valence electrons. The first-order chi connectivity index (χ1) is 9.74. The molecule has 1 N–H and O–H groups in total. The van der Waals surface area contributed by atoms with Gasteiger partial charge in [0.25, 0.3) is 0 Å². The highest BCUT2D eigenvalue weighted by molar-refractivity contribution is 6.22. The molecule has 5 nitrogen and oxygen atoms in total. The number of nitrogens with one attached hydrogen (secondary N) is 1. The first kappa shape index (κ1) is 12.6. The molecular weight excluding hydrogens is 278 g/mol. The maximum atomic E-state index is 11.0. The van der Waals surface area contributed by atoms with E-state index >= 15 is 0 Å². The molecule has 0 amide bonds. The van der Waals surface area contributed by atoms with Crippen molar-refractivity contribution in [2.24, 2.45) is 0 Å². The minimum Gasteiger partial charge on any atom is -0.419 e. The van der Waals surface area contributed by atoms with Gasteiger partial charge >= 0.3 is 0 Å². The molecule has 3 aromatic rings. The molecule has 1 atom stereocenters. The molecule has 20 heavy (non-hydrogen) atoms. The molecule has 2 aromatic heterocycles. The van der Waals surface area contributed by atoms with Gasteiger partial charge in [0.15, 0.2) is 0 Å². The van der Waals surface area contributed by atoms with Gasteiger partial charge in [-0.2, -0.15) is 0 Å². The number of hydrogen-bond acceptors (Lipinski definition) is 4. The van der Waals surface area contributed by atoms with Crippen LogP contribution in [-0.4, -0.2) is 15.2 Å². The Balaban J connectivity index is 1.90. The number of H-pyrrole nitrogens is 1. The molecule has 0 saturated carbocycles. The van der Waals surface area contributed by atoms with Crippen LogP contribution in [0.1, 0.15) is 16.8 Å². The van der Waals surface area contributed by atoms with Crippen LogP contribution in [0.4, 0.5) is 0 Å². The summed E-state index contributed by atoms with van der Waals surface area (Å²) in [6.07, 6.45) is 1.52. The minimum absolute atomic E-state index is 0.187. The van der Waals surface area contributed by atoms with Gasteiger partial charge in [-0.3, -0.25) is 4.79 Å². The van der Waals surface area contributed by atoms with Gasteiger partial charge in [0, 0.05) is 12.3 Å². The second-order valence-electron chi connectivity index (χ2n) is 4.16. The third kappa shape index (κ3) is 2.48. The number of pyridine rings is 1. The first-order valence-corrected chi connectivity index (χ1v) is 6.39. The molecule has 0 aliphatic heterocycles. The lowest BCUT2D eigenvalue weighted by molar-refractivity contribution is 0.513.